The number of carbonyl (C=O) groups excluding carboxylic acids is 1. The van der Waals surface area contributed by atoms with Crippen molar-refractivity contribution in [3.63, 3.8) is 0 Å². The van der Waals surface area contributed by atoms with E-state index < -0.39 is 0 Å². The summed E-state index contributed by atoms with van der Waals surface area (Å²) in [5.41, 5.74) is 0. The van der Waals surface area contributed by atoms with Crippen LogP contribution in [-0.2, 0) is 14.3 Å². The summed E-state index contributed by atoms with van der Waals surface area (Å²) in [7, 11) is 0. The van der Waals surface area contributed by atoms with Gasteiger partial charge in [-0.1, -0.05) is 19.4 Å². The Hall–Kier alpha value is -0.830. The molecule has 0 fully saturated rings. The third kappa shape index (κ3) is 7.53. The van der Waals surface area contributed by atoms with Crippen molar-refractivity contribution in [2.45, 2.75) is 32.8 Å². The summed E-state index contributed by atoms with van der Waals surface area (Å²) < 4.78 is 9.97. The molecule has 0 saturated heterocycles. The highest BCUT2D eigenvalue weighted by molar-refractivity contribution is 5.70. The fourth-order valence-electron chi connectivity index (χ4n) is 0.640. The molecule has 76 valence electrons. The lowest BCUT2D eigenvalue weighted by Crippen LogP contribution is -2.16. The summed E-state index contributed by atoms with van der Waals surface area (Å²) in [5, 5.41) is 0. The molecule has 0 rings (SSSR count). The van der Waals surface area contributed by atoms with E-state index in [0.717, 1.165) is 12.8 Å². The van der Waals surface area contributed by atoms with Crippen LogP contribution in [0.4, 0.5) is 0 Å². The molecule has 1 unspecified atom stereocenters. The van der Waals surface area contributed by atoms with E-state index in [4.69, 9.17) is 9.47 Å². The molecule has 0 N–H and O–H groups in total. The molecule has 0 aliphatic rings. The van der Waals surface area contributed by atoms with Crippen LogP contribution < -0.4 is 0 Å². The molecule has 0 heterocycles. The van der Waals surface area contributed by atoms with Crippen molar-refractivity contribution in [2.75, 3.05) is 13.2 Å². The van der Waals surface area contributed by atoms with Gasteiger partial charge in [-0.15, -0.1) is 6.58 Å². The number of rotatable bonds is 7. The zero-order chi connectivity index (χ0) is 10.1. The van der Waals surface area contributed by atoms with Gasteiger partial charge in [-0.2, -0.15) is 0 Å². The lowest BCUT2D eigenvalue weighted by molar-refractivity contribution is -0.150. The SMILES string of the molecule is C=CC(C)OCC(=O)OCCCC. The van der Waals surface area contributed by atoms with Crippen LogP contribution >= 0.6 is 0 Å². The van der Waals surface area contributed by atoms with Gasteiger partial charge in [0.05, 0.1) is 12.7 Å². The van der Waals surface area contributed by atoms with E-state index in [1.165, 1.54) is 0 Å². The van der Waals surface area contributed by atoms with E-state index in [0.29, 0.717) is 6.61 Å². The van der Waals surface area contributed by atoms with E-state index in [2.05, 4.69) is 6.58 Å². The number of unbranched alkanes of at least 4 members (excludes halogenated alkanes) is 1. The van der Waals surface area contributed by atoms with Gasteiger partial charge in [0, 0.05) is 0 Å². The second kappa shape index (κ2) is 7.80. The average molecular weight is 186 g/mol. The van der Waals surface area contributed by atoms with Crippen LogP contribution in [0.5, 0.6) is 0 Å². The molecule has 0 aliphatic carbocycles. The number of hydrogen-bond donors (Lipinski definition) is 0. The molecule has 0 bridgehead atoms. The second-order valence-electron chi connectivity index (χ2n) is 2.83. The standard InChI is InChI=1S/C10H18O3/c1-4-6-7-12-10(11)8-13-9(3)5-2/h5,9H,2,4,6-8H2,1,3H3. The van der Waals surface area contributed by atoms with Crippen molar-refractivity contribution in [1.82, 2.24) is 0 Å². The van der Waals surface area contributed by atoms with Crippen molar-refractivity contribution >= 4 is 5.97 Å². The molecular weight excluding hydrogens is 168 g/mol. The van der Waals surface area contributed by atoms with Crippen molar-refractivity contribution in [1.29, 1.82) is 0 Å². The molecule has 0 aliphatic heterocycles. The summed E-state index contributed by atoms with van der Waals surface area (Å²) in [6.45, 7) is 7.91. The highest BCUT2D eigenvalue weighted by atomic mass is 16.6. The molecule has 0 saturated carbocycles. The first-order valence-corrected chi connectivity index (χ1v) is 4.60. The molecule has 0 radical (unpaired) electrons. The molecule has 13 heavy (non-hydrogen) atoms. The Morgan fingerprint density at radius 3 is 2.85 bits per heavy atom. The van der Waals surface area contributed by atoms with Crippen LogP contribution in [0.15, 0.2) is 12.7 Å². The van der Waals surface area contributed by atoms with Crippen molar-refractivity contribution in [3.8, 4) is 0 Å². The summed E-state index contributed by atoms with van der Waals surface area (Å²) in [6, 6.07) is 0. The Kier molecular flexibility index (Phi) is 7.30. The minimum Gasteiger partial charge on any atom is -0.464 e. The third-order valence-electron chi connectivity index (χ3n) is 1.56. The van der Waals surface area contributed by atoms with Gasteiger partial charge in [0.15, 0.2) is 0 Å². The fourth-order valence-corrected chi connectivity index (χ4v) is 0.640. The van der Waals surface area contributed by atoms with Crippen LogP contribution in [0.25, 0.3) is 0 Å². The van der Waals surface area contributed by atoms with Crippen LogP contribution in [-0.4, -0.2) is 25.3 Å². The fraction of sp³-hybridized carbons (Fsp3) is 0.700. The van der Waals surface area contributed by atoms with Crippen molar-refractivity contribution in [3.05, 3.63) is 12.7 Å². The van der Waals surface area contributed by atoms with Gasteiger partial charge >= 0.3 is 5.97 Å². The Bertz CT molecular complexity index is 154. The molecule has 0 amide bonds. The Morgan fingerprint density at radius 2 is 2.31 bits per heavy atom. The Labute approximate surface area is 79.7 Å². The van der Waals surface area contributed by atoms with Crippen LogP contribution in [0.1, 0.15) is 26.7 Å². The lowest BCUT2D eigenvalue weighted by Gasteiger charge is -2.07. The maximum Gasteiger partial charge on any atom is 0.332 e. The smallest absolute Gasteiger partial charge is 0.332 e. The predicted molar refractivity (Wildman–Crippen MR) is 51.5 cm³/mol. The monoisotopic (exact) mass is 186 g/mol. The van der Waals surface area contributed by atoms with E-state index in [-0.39, 0.29) is 18.7 Å². The van der Waals surface area contributed by atoms with Gasteiger partial charge in [0.2, 0.25) is 0 Å². The molecule has 3 heteroatoms. The Balaban J connectivity index is 3.35. The van der Waals surface area contributed by atoms with Crippen molar-refractivity contribution < 1.29 is 14.3 Å². The number of carbonyl (C=O) groups is 1. The zero-order valence-electron chi connectivity index (χ0n) is 8.41. The summed E-state index contributed by atoms with van der Waals surface area (Å²) in [4.78, 5) is 11.0. The van der Waals surface area contributed by atoms with Gasteiger partial charge in [-0.25, -0.2) is 4.79 Å². The average Bonchev–Trinajstić information content (AvgIpc) is 2.14. The molecule has 0 aromatic rings. The first-order valence-electron chi connectivity index (χ1n) is 4.60. The molecule has 3 nitrogen and oxygen atoms in total. The van der Waals surface area contributed by atoms with Gasteiger partial charge in [0.1, 0.15) is 6.61 Å². The van der Waals surface area contributed by atoms with Crippen molar-refractivity contribution in [2.24, 2.45) is 0 Å². The summed E-state index contributed by atoms with van der Waals surface area (Å²) in [5.74, 6) is -0.304. The molecule has 0 aromatic carbocycles. The van der Waals surface area contributed by atoms with E-state index in [1.54, 1.807) is 6.08 Å². The molecular formula is C10H18O3. The minimum absolute atomic E-state index is 0.0108. The van der Waals surface area contributed by atoms with Crippen LogP contribution in [0.2, 0.25) is 0 Å². The number of hydrogen-bond acceptors (Lipinski definition) is 3. The van der Waals surface area contributed by atoms with Gasteiger partial charge < -0.3 is 9.47 Å². The van der Waals surface area contributed by atoms with Gasteiger partial charge in [-0.05, 0) is 13.3 Å². The third-order valence-corrected chi connectivity index (χ3v) is 1.56. The quantitative estimate of drug-likeness (QED) is 0.346. The molecule has 0 spiro atoms. The van der Waals surface area contributed by atoms with E-state index in [9.17, 15) is 4.79 Å². The Morgan fingerprint density at radius 1 is 1.62 bits per heavy atom. The number of ether oxygens (including phenoxy) is 2. The lowest BCUT2D eigenvalue weighted by atomic mass is 10.4. The topological polar surface area (TPSA) is 35.5 Å². The highest BCUT2D eigenvalue weighted by Crippen LogP contribution is 1.93. The normalized spacial score (nSPS) is 12.2. The van der Waals surface area contributed by atoms with Gasteiger partial charge in [0.25, 0.3) is 0 Å². The van der Waals surface area contributed by atoms with E-state index in [1.807, 2.05) is 13.8 Å². The van der Waals surface area contributed by atoms with Crippen LogP contribution in [0, 0.1) is 0 Å². The maximum atomic E-state index is 11.0. The zero-order valence-corrected chi connectivity index (χ0v) is 8.41. The minimum atomic E-state index is -0.304. The summed E-state index contributed by atoms with van der Waals surface area (Å²) in [6.07, 6.45) is 3.47. The second-order valence-corrected chi connectivity index (χ2v) is 2.83. The predicted octanol–water partition coefficient (Wildman–Crippen LogP) is 1.92. The molecule has 1 atom stereocenters. The summed E-state index contributed by atoms with van der Waals surface area (Å²) >= 11 is 0. The largest absolute Gasteiger partial charge is 0.464 e. The maximum absolute atomic E-state index is 11.0. The van der Waals surface area contributed by atoms with Crippen LogP contribution in [0.3, 0.4) is 0 Å². The first-order chi connectivity index (χ1) is 6.20. The van der Waals surface area contributed by atoms with Gasteiger partial charge in [-0.3, -0.25) is 0 Å². The first kappa shape index (κ1) is 12.2. The molecule has 0 aromatic heterocycles. The number of esters is 1. The van der Waals surface area contributed by atoms with E-state index >= 15 is 0 Å². The highest BCUT2D eigenvalue weighted by Gasteiger charge is 2.04.